The molecule has 13 nitrogen and oxygen atoms in total. The van der Waals surface area contributed by atoms with E-state index in [4.69, 9.17) is 5.10 Å². The number of likely N-dealkylation sites (tertiary alicyclic amines) is 1. The Morgan fingerprint density at radius 1 is 0.825 bits per heavy atom. The molecule has 3 amide bonds. The van der Waals surface area contributed by atoms with Crippen LogP contribution in [0.1, 0.15) is 82.5 Å². The van der Waals surface area contributed by atoms with E-state index in [1.165, 1.54) is 15.8 Å². The molecule has 4 fully saturated rings. The maximum absolute atomic E-state index is 14.1. The van der Waals surface area contributed by atoms with Gasteiger partial charge in [-0.05, 0) is 119 Å². The van der Waals surface area contributed by atoms with Gasteiger partial charge in [-0.3, -0.25) is 33.9 Å². The van der Waals surface area contributed by atoms with E-state index < -0.39 is 11.9 Å². The number of aryl methyl sites for hydroxylation is 1. The fourth-order valence-corrected chi connectivity index (χ4v) is 10.7. The van der Waals surface area contributed by atoms with Crippen molar-refractivity contribution in [1.29, 1.82) is 0 Å². The molecule has 3 N–H and O–H groups in total. The molecule has 3 aromatic heterocycles. The molecular weight excluding hydrogens is 719 g/mol. The Kier molecular flexibility index (Phi) is 8.55. The summed E-state index contributed by atoms with van der Waals surface area (Å²) in [6, 6.07) is 14.0. The molecule has 298 valence electrons. The van der Waals surface area contributed by atoms with Crippen LogP contribution in [0.15, 0.2) is 47.3 Å². The number of fused-ring (bicyclic) bond motifs is 3. The normalized spacial score (nSPS) is 22.9. The number of anilines is 2. The molecule has 5 aromatic rings. The molecule has 5 aliphatic rings. The predicted octanol–water partition coefficient (Wildman–Crippen LogP) is 5.44. The molecule has 7 heterocycles. The SMILES string of the molecule is Cn1c(=O)n(C2CCC(=O)NC2=O)c2ccc(N3CCC(CN4CCC5(CC4)CCN(c4ccc6cc(-c7n[nH]c8c7CCC(C)(C)C8)[nH]c6c4)C5=O)CC3)cc21. The molecule has 4 saturated heterocycles. The van der Waals surface area contributed by atoms with Crippen LogP contribution in [0.4, 0.5) is 11.4 Å². The smallest absolute Gasteiger partial charge is 0.329 e. The molecular formula is C44H53N9O4. The van der Waals surface area contributed by atoms with Crippen LogP contribution < -0.4 is 20.8 Å². The Morgan fingerprint density at radius 3 is 2.39 bits per heavy atom. The third-order valence-corrected chi connectivity index (χ3v) is 14.2. The van der Waals surface area contributed by atoms with E-state index in [0.29, 0.717) is 23.3 Å². The minimum atomic E-state index is -0.683. The van der Waals surface area contributed by atoms with Gasteiger partial charge in [0.25, 0.3) is 0 Å². The number of aromatic nitrogens is 5. The van der Waals surface area contributed by atoms with Gasteiger partial charge in [-0.15, -0.1) is 0 Å². The number of piperidine rings is 3. The summed E-state index contributed by atoms with van der Waals surface area (Å²) in [5, 5.41) is 11.6. The van der Waals surface area contributed by atoms with Gasteiger partial charge in [-0.1, -0.05) is 19.9 Å². The third kappa shape index (κ3) is 6.20. The molecule has 10 rings (SSSR count). The molecule has 1 atom stereocenters. The largest absolute Gasteiger partial charge is 0.371 e. The highest BCUT2D eigenvalue weighted by Gasteiger charge is 2.48. The summed E-state index contributed by atoms with van der Waals surface area (Å²) in [7, 11) is 1.74. The molecule has 1 aliphatic carbocycles. The van der Waals surface area contributed by atoms with Crippen molar-refractivity contribution in [3.8, 4) is 11.4 Å². The van der Waals surface area contributed by atoms with Gasteiger partial charge >= 0.3 is 5.69 Å². The van der Waals surface area contributed by atoms with Crippen LogP contribution in [-0.4, -0.2) is 86.2 Å². The van der Waals surface area contributed by atoms with Crippen molar-refractivity contribution in [2.75, 3.05) is 49.1 Å². The summed E-state index contributed by atoms with van der Waals surface area (Å²) in [5.41, 5.74) is 9.04. The summed E-state index contributed by atoms with van der Waals surface area (Å²) in [6.07, 6.45) is 8.68. The Balaban J connectivity index is 0.746. The standard InChI is InChI=1S/C44H53N9O4/c1-43(2)13-10-31-34(25-43)47-48-39(31)33-22-28-4-5-30(23-32(28)45-33)52-21-16-44(41(52)56)14-19-50(20-15-44)26-27-11-17-51(18-12-27)29-6-7-35-37(24-29)49(3)42(57)53(35)36-8-9-38(54)46-40(36)55/h4-7,22-24,27,36,45H,8-21,25-26H2,1-3H3,(H,47,48)(H,46,54,55). The molecule has 57 heavy (non-hydrogen) atoms. The summed E-state index contributed by atoms with van der Waals surface area (Å²) >= 11 is 0. The van der Waals surface area contributed by atoms with Gasteiger partial charge in [0, 0.05) is 73.2 Å². The highest BCUT2D eigenvalue weighted by atomic mass is 16.2. The van der Waals surface area contributed by atoms with E-state index in [2.05, 4.69) is 75.4 Å². The zero-order chi connectivity index (χ0) is 39.2. The first-order valence-electron chi connectivity index (χ1n) is 21.0. The second kappa shape index (κ2) is 13.5. The average molecular weight is 772 g/mol. The van der Waals surface area contributed by atoms with Gasteiger partial charge in [-0.25, -0.2) is 4.79 Å². The van der Waals surface area contributed by atoms with Crippen LogP contribution in [0.5, 0.6) is 0 Å². The number of hydrogen-bond donors (Lipinski definition) is 3. The van der Waals surface area contributed by atoms with Crippen LogP contribution >= 0.6 is 0 Å². The fourth-order valence-electron chi connectivity index (χ4n) is 10.7. The number of imide groups is 1. The van der Waals surface area contributed by atoms with Gasteiger partial charge in [0.15, 0.2) is 0 Å². The molecule has 13 heteroatoms. The van der Waals surface area contributed by atoms with Gasteiger partial charge in [0.2, 0.25) is 17.7 Å². The quantitative estimate of drug-likeness (QED) is 0.195. The van der Waals surface area contributed by atoms with E-state index in [1.54, 1.807) is 11.6 Å². The summed E-state index contributed by atoms with van der Waals surface area (Å²) in [6.45, 7) is 10.3. The predicted molar refractivity (Wildman–Crippen MR) is 220 cm³/mol. The van der Waals surface area contributed by atoms with Gasteiger partial charge in [0.1, 0.15) is 11.7 Å². The lowest BCUT2D eigenvalue weighted by atomic mass is 9.76. The van der Waals surface area contributed by atoms with E-state index in [-0.39, 0.29) is 29.3 Å². The Labute approximate surface area is 331 Å². The minimum absolute atomic E-state index is 0.225. The topological polar surface area (TPSA) is 144 Å². The summed E-state index contributed by atoms with van der Waals surface area (Å²) < 4.78 is 3.15. The monoisotopic (exact) mass is 771 g/mol. The number of aromatic amines is 2. The van der Waals surface area contributed by atoms with Gasteiger partial charge in [0.05, 0.1) is 22.1 Å². The van der Waals surface area contributed by atoms with E-state index >= 15 is 0 Å². The van der Waals surface area contributed by atoms with E-state index in [0.717, 1.165) is 130 Å². The number of hydrogen-bond acceptors (Lipinski definition) is 7. The lowest BCUT2D eigenvalue weighted by Gasteiger charge is -2.41. The van der Waals surface area contributed by atoms with E-state index in [1.807, 2.05) is 11.0 Å². The van der Waals surface area contributed by atoms with Crippen molar-refractivity contribution < 1.29 is 14.4 Å². The summed E-state index contributed by atoms with van der Waals surface area (Å²) in [5.74, 6) is 0.178. The van der Waals surface area contributed by atoms with Crippen molar-refractivity contribution in [3.63, 3.8) is 0 Å². The third-order valence-electron chi connectivity index (χ3n) is 14.2. The zero-order valence-electron chi connectivity index (χ0n) is 33.3. The van der Waals surface area contributed by atoms with Crippen molar-refractivity contribution in [2.24, 2.45) is 23.8 Å². The van der Waals surface area contributed by atoms with Crippen LogP contribution in [0.3, 0.4) is 0 Å². The highest BCUT2D eigenvalue weighted by Crippen LogP contribution is 2.44. The first-order chi connectivity index (χ1) is 27.4. The number of H-pyrrole nitrogens is 2. The van der Waals surface area contributed by atoms with Gasteiger partial charge < -0.3 is 19.7 Å². The number of carbonyl (C=O) groups is 3. The number of rotatable bonds is 6. The second-order valence-corrected chi connectivity index (χ2v) is 18.4. The second-order valence-electron chi connectivity index (χ2n) is 18.4. The van der Waals surface area contributed by atoms with Crippen molar-refractivity contribution in [3.05, 3.63) is 64.2 Å². The number of nitrogens with zero attached hydrogens (tertiary/aromatic N) is 6. The molecule has 1 unspecified atom stereocenters. The summed E-state index contributed by atoms with van der Waals surface area (Å²) in [4.78, 5) is 62.4. The Hall–Kier alpha value is -5.17. The van der Waals surface area contributed by atoms with Crippen LogP contribution in [0.2, 0.25) is 0 Å². The molecule has 0 saturated carbocycles. The Morgan fingerprint density at radius 2 is 1.60 bits per heavy atom. The number of carbonyl (C=O) groups excluding carboxylic acids is 3. The lowest BCUT2D eigenvalue weighted by Crippen LogP contribution is -2.47. The van der Waals surface area contributed by atoms with Crippen molar-refractivity contribution >= 4 is 51.0 Å². The van der Waals surface area contributed by atoms with Crippen molar-refractivity contribution in [1.82, 2.24) is 34.5 Å². The fraction of sp³-hybridized carbons (Fsp3) is 0.523. The first-order valence-corrected chi connectivity index (χ1v) is 21.0. The average Bonchev–Trinajstić information content (AvgIpc) is 3.95. The first kappa shape index (κ1) is 36.2. The molecule has 0 bridgehead atoms. The van der Waals surface area contributed by atoms with Crippen LogP contribution in [0.25, 0.3) is 33.3 Å². The number of nitrogens with one attached hydrogen (secondary N) is 3. The number of benzene rings is 2. The zero-order valence-corrected chi connectivity index (χ0v) is 33.3. The maximum atomic E-state index is 14.1. The van der Waals surface area contributed by atoms with Gasteiger partial charge in [-0.2, -0.15) is 5.10 Å². The minimum Gasteiger partial charge on any atom is -0.371 e. The van der Waals surface area contributed by atoms with Crippen LogP contribution in [-0.2, 0) is 34.3 Å². The Bertz CT molecular complexity index is 2490. The van der Waals surface area contributed by atoms with E-state index in [9.17, 15) is 19.2 Å². The molecule has 4 aliphatic heterocycles. The molecule has 1 spiro atoms. The number of imidazole rings is 1. The highest BCUT2D eigenvalue weighted by molar-refractivity contribution is 6.02. The lowest BCUT2D eigenvalue weighted by molar-refractivity contribution is -0.135. The maximum Gasteiger partial charge on any atom is 0.329 e. The van der Waals surface area contributed by atoms with Crippen molar-refractivity contribution in [2.45, 2.75) is 84.1 Å². The molecule has 0 radical (unpaired) electrons. The molecule has 2 aromatic carbocycles. The van der Waals surface area contributed by atoms with Crippen LogP contribution in [0, 0.1) is 16.7 Å². The number of amides is 3.